The lowest BCUT2D eigenvalue weighted by atomic mass is 9.97. The first-order valence-corrected chi connectivity index (χ1v) is 11.9. The minimum absolute atomic E-state index is 0.0446. The lowest BCUT2D eigenvalue weighted by Crippen LogP contribution is -2.44. The molecule has 5 nitrogen and oxygen atoms in total. The highest BCUT2D eigenvalue weighted by molar-refractivity contribution is 5.39. The highest BCUT2D eigenvalue weighted by Crippen LogP contribution is 2.28. The summed E-state index contributed by atoms with van der Waals surface area (Å²) in [7, 11) is 0. The molecule has 1 atom stereocenters. The van der Waals surface area contributed by atoms with E-state index in [0.717, 1.165) is 41.8 Å². The molecule has 5 rings (SSSR count). The number of hydrogen-bond acceptors (Lipinski definition) is 4. The largest absolute Gasteiger partial charge is 0.369 e. The lowest BCUT2D eigenvalue weighted by Gasteiger charge is -2.34. The van der Waals surface area contributed by atoms with E-state index in [2.05, 4.69) is 36.1 Å². The fourth-order valence-electron chi connectivity index (χ4n) is 5.00. The molecule has 4 aromatic rings. The van der Waals surface area contributed by atoms with Gasteiger partial charge in [-0.25, -0.2) is 4.98 Å². The minimum Gasteiger partial charge on any atom is -0.369 e. The van der Waals surface area contributed by atoms with E-state index in [-0.39, 0.29) is 17.5 Å². The molecule has 3 aromatic carbocycles. The number of nitrogens with two attached hydrogens (primary N) is 1. The number of rotatable bonds is 6. The molecule has 172 valence electrons. The molecule has 1 unspecified atom stereocenters. The average Bonchev–Trinajstić information content (AvgIpc) is 2.88. The maximum atomic E-state index is 14.0. The Balaban J connectivity index is 1.53. The van der Waals surface area contributed by atoms with Gasteiger partial charge >= 0.3 is 0 Å². The number of fused-ring (bicyclic) bond motifs is 1. The number of anilines is 1. The van der Waals surface area contributed by atoms with Gasteiger partial charge in [0.25, 0.3) is 5.56 Å². The van der Waals surface area contributed by atoms with E-state index in [4.69, 9.17) is 10.7 Å². The molecular weight excluding hydrogens is 420 g/mol. The third-order valence-corrected chi connectivity index (χ3v) is 6.80. The maximum absolute atomic E-state index is 14.0. The van der Waals surface area contributed by atoms with Crippen LogP contribution in [0.3, 0.4) is 0 Å². The van der Waals surface area contributed by atoms with E-state index in [1.54, 1.807) is 4.57 Å². The molecule has 1 aliphatic rings. The van der Waals surface area contributed by atoms with Crippen LogP contribution in [0.5, 0.6) is 0 Å². The molecule has 34 heavy (non-hydrogen) atoms. The minimum atomic E-state index is -0.329. The molecular formula is C29H30N4O. The lowest BCUT2D eigenvalue weighted by molar-refractivity contribution is 0.186. The van der Waals surface area contributed by atoms with E-state index < -0.39 is 0 Å². The summed E-state index contributed by atoms with van der Waals surface area (Å²) in [6, 6.07) is 30.6. The molecule has 0 fully saturated rings. The van der Waals surface area contributed by atoms with Crippen LogP contribution < -0.4 is 11.3 Å². The molecule has 0 amide bonds. The Kier molecular flexibility index (Phi) is 6.28. The van der Waals surface area contributed by atoms with Gasteiger partial charge in [-0.1, -0.05) is 91.0 Å². The second kappa shape index (κ2) is 9.65. The topological polar surface area (TPSA) is 64.2 Å². The van der Waals surface area contributed by atoms with Gasteiger partial charge in [0.1, 0.15) is 0 Å². The van der Waals surface area contributed by atoms with E-state index in [1.165, 1.54) is 5.56 Å². The van der Waals surface area contributed by atoms with Crippen molar-refractivity contribution in [2.75, 3.05) is 12.3 Å². The van der Waals surface area contributed by atoms with Crippen LogP contribution in [0.2, 0.25) is 0 Å². The predicted octanol–water partition coefficient (Wildman–Crippen LogP) is 4.45. The first kappa shape index (κ1) is 22.1. The highest BCUT2D eigenvalue weighted by atomic mass is 16.1. The van der Waals surface area contributed by atoms with Gasteiger partial charge in [0, 0.05) is 25.6 Å². The van der Waals surface area contributed by atoms with Gasteiger partial charge in [0.2, 0.25) is 5.95 Å². The zero-order chi connectivity index (χ0) is 23.5. The summed E-state index contributed by atoms with van der Waals surface area (Å²) in [4.78, 5) is 21.1. The molecule has 0 aliphatic carbocycles. The zero-order valence-electron chi connectivity index (χ0n) is 19.5. The molecule has 1 aromatic heterocycles. The monoisotopic (exact) mass is 450 g/mol. The van der Waals surface area contributed by atoms with Gasteiger partial charge in [0.05, 0.1) is 17.3 Å². The van der Waals surface area contributed by atoms with Crippen molar-refractivity contribution < 1.29 is 0 Å². The van der Waals surface area contributed by atoms with E-state index in [0.29, 0.717) is 12.6 Å². The Hall–Kier alpha value is -3.70. The zero-order valence-corrected chi connectivity index (χ0v) is 19.5. The summed E-state index contributed by atoms with van der Waals surface area (Å²) >= 11 is 0. The van der Waals surface area contributed by atoms with Crippen molar-refractivity contribution in [2.45, 2.75) is 38.4 Å². The smallest absolute Gasteiger partial charge is 0.260 e. The summed E-state index contributed by atoms with van der Waals surface area (Å²) in [6.45, 7) is 3.70. The Morgan fingerprint density at radius 2 is 1.44 bits per heavy atom. The van der Waals surface area contributed by atoms with Crippen molar-refractivity contribution in [3.63, 3.8) is 0 Å². The van der Waals surface area contributed by atoms with Gasteiger partial charge in [0.15, 0.2) is 0 Å². The van der Waals surface area contributed by atoms with Crippen LogP contribution in [0, 0.1) is 0 Å². The van der Waals surface area contributed by atoms with E-state index >= 15 is 0 Å². The van der Waals surface area contributed by atoms with Crippen molar-refractivity contribution in [3.05, 3.63) is 129 Å². The summed E-state index contributed by atoms with van der Waals surface area (Å²) < 4.78 is 1.68. The third-order valence-electron chi connectivity index (χ3n) is 6.80. The quantitative estimate of drug-likeness (QED) is 0.471. The molecule has 2 heterocycles. The number of nitrogen functional groups attached to an aromatic ring is 1. The third kappa shape index (κ3) is 4.39. The number of aromatic nitrogens is 2. The predicted molar refractivity (Wildman–Crippen MR) is 137 cm³/mol. The van der Waals surface area contributed by atoms with Gasteiger partial charge < -0.3 is 5.73 Å². The van der Waals surface area contributed by atoms with Crippen LogP contribution in [0.15, 0.2) is 95.8 Å². The van der Waals surface area contributed by atoms with E-state index in [9.17, 15) is 4.79 Å². The maximum Gasteiger partial charge on any atom is 0.260 e. The van der Waals surface area contributed by atoms with Gasteiger partial charge in [-0.2, -0.15) is 0 Å². The molecule has 0 spiro atoms. The fourth-order valence-corrected chi connectivity index (χ4v) is 5.00. The van der Waals surface area contributed by atoms with Crippen LogP contribution in [0.1, 0.15) is 40.9 Å². The second-order valence-corrected chi connectivity index (χ2v) is 9.05. The van der Waals surface area contributed by atoms with Crippen molar-refractivity contribution in [2.24, 2.45) is 0 Å². The fraction of sp³-hybridized carbons (Fsp3) is 0.241. The number of benzene rings is 3. The molecule has 1 aliphatic heterocycles. The normalized spacial score (nSPS) is 14.6. The van der Waals surface area contributed by atoms with Crippen LogP contribution in [-0.2, 0) is 19.4 Å². The molecule has 2 N–H and O–H groups in total. The van der Waals surface area contributed by atoms with Crippen LogP contribution >= 0.6 is 0 Å². The molecule has 0 bridgehead atoms. The Bertz CT molecular complexity index is 1260. The summed E-state index contributed by atoms with van der Waals surface area (Å²) in [5.74, 6) is 0.271. The summed E-state index contributed by atoms with van der Waals surface area (Å²) in [5.41, 5.74) is 11.3. The number of nitrogens with zero attached hydrogens (tertiary/aromatic N) is 3. The standard InChI is InChI=1S/C29H30N4O/c1-21(19-22-11-5-2-6-12-22)32-18-17-26-25(20-32)28(34)33(29(30)31-26)27(23-13-7-3-8-14-23)24-15-9-4-10-16-24/h2-16,21,27H,17-20H2,1H3,(H2,30,31). The van der Waals surface area contributed by atoms with Crippen LogP contribution in [-0.4, -0.2) is 27.0 Å². The molecule has 0 radical (unpaired) electrons. The summed E-state index contributed by atoms with van der Waals surface area (Å²) in [6.07, 6.45) is 1.68. The van der Waals surface area contributed by atoms with Crippen molar-refractivity contribution >= 4 is 5.95 Å². The van der Waals surface area contributed by atoms with Gasteiger partial charge in [-0.3, -0.25) is 14.3 Å². The Morgan fingerprint density at radius 1 is 0.882 bits per heavy atom. The first-order valence-electron chi connectivity index (χ1n) is 11.9. The molecule has 5 heteroatoms. The molecule has 0 saturated carbocycles. The van der Waals surface area contributed by atoms with Crippen molar-refractivity contribution in [3.8, 4) is 0 Å². The van der Waals surface area contributed by atoms with Gasteiger partial charge in [-0.05, 0) is 30.0 Å². The highest BCUT2D eigenvalue weighted by Gasteiger charge is 2.28. The van der Waals surface area contributed by atoms with Crippen LogP contribution in [0.4, 0.5) is 5.95 Å². The van der Waals surface area contributed by atoms with E-state index in [1.807, 2.05) is 66.7 Å². The Morgan fingerprint density at radius 3 is 2.03 bits per heavy atom. The number of hydrogen-bond donors (Lipinski definition) is 1. The second-order valence-electron chi connectivity index (χ2n) is 9.05. The average molecular weight is 451 g/mol. The first-order chi connectivity index (χ1) is 16.6. The molecule has 0 saturated heterocycles. The van der Waals surface area contributed by atoms with Gasteiger partial charge in [-0.15, -0.1) is 0 Å². The Labute approximate surface area is 200 Å². The van der Waals surface area contributed by atoms with Crippen LogP contribution in [0.25, 0.3) is 0 Å². The summed E-state index contributed by atoms with van der Waals surface area (Å²) in [5, 5.41) is 0. The van der Waals surface area contributed by atoms with Crippen molar-refractivity contribution in [1.82, 2.24) is 14.5 Å². The van der Waals surface area contributed by atoms with Crippen molar-refractivity contribution in [1.29, 1.82) is 0 Å². The SMILES string of the molecule is CC(Cc1ccccc1)N1CCc2nc(N)n(C(c3ccccc3)c3ccccc3)c(=O)c2C1.